The Kier molecular flexibility index (Phi) is 4.85. The summed E-state index contributed by atoms with van der Waals surface area (Å²) in [5.74, 6) is 0.00951. The van der Waals surface area contributed by atoms with Gasteiger partial charge < -0.3 is 10.2 Å². The molecule has 0 unspecified atom stereocenters. The molecule has 1 saturated heterocycles. The second-order valence-corrected chi connectivity index (χ2v) is 4.91. The van der Waals surface area contributed by atoms with Crippen molar-refractivity contribution in [1.82, 2.24) is 10.6 Å². The molecule has 1 fully saturated rings. The lowest BCUT2D eigenvalue weighted by Crippen LogP contribution is -2.47. The number of amidine groups is 1. The van der Waals surface area contributed by atoms with E-state index in [0.717, 1.165) is 17.9 Å². The quantitative estimate of drug-likeness (QED) is 0.368. The van der Waals surface area contributed by atoms with Crippen molar-refractivity contribution in [3.63, 3.8) is 0 Å². The first-order chi connectivity index (χ1) is 9.74. The van der Waals surface area contributed by atoms with Crippen LogP contribution in [-0.2, 0) is 4.79 Å². The van der Waals surface area contributed by atoms with Crippen LogP contribution >= 0.6 is 11.8 Å². The molecule has 1 amide bonds. The van der Waals surface area contributed by atoms with E-state index in [-0.39, 0.29) is 5.91 Å². The number of aliphatic imine (C=N–C) groups is 1. The molecule has 0 bridgehead atoms. The van der Waals surface area contributed by atoms with Crippen LogP contribution in [0.1, 0.15) is 0 Å². The topological polar surface area (TPSA) is 80.5 Å². The molecule has 0 atom stereocenters. The van der Waals surface area contributed by atoms with E-state index in [1.54, 1.807) is 0 Å². The predicted octanol–water partition coefficient (Wildman–Crippen LogP) is 1.04. The fourth-order valence-corrected chi connectivity index (χ4v) is 2.29. The second-order valence-electron chi connectivity index (χ2n) is 4.12. The number of nitrogens with one attached hydrogen (secondary N) is 2. The zero-order valence-corrected chi connectivity index (χ0v) is 11.9. The van der Waals surface area contributed by atoms with Gasteiger partial charge in [0, 0.05) is 13.1 Å². The monoisotopic (exact) mass is 289 g/mol. The van der Waals surface area contributed by atoms with Crippen LogP contribution in [-0.4, -0.2) is 37.0 Å². The number of hydrogen-bond donors (Lipinski definition) is 2. The summed E-state index contributed by atoms with van der Waals surface area (Å²) in [6, 6.07) is 7.60. The summed E-state index contributed by atoms with van der Waals surface area (Å²) in [5, 5.41) is 14.5. The Hall–Kier alpha value is -2.20. The highest BCUT2D eigenvalue weighted by atomic mass is 32.2. The first kappa shape index (κ1) is 14.2. The molecular weight excluding hydrogens is 274 g/mol. The molecule has 1 aromatic carbocycles. The number of nitriles is 1. The maximum Gasteiger partial charge on any atom is 0.239 e. The molecule has 0 spiro atoms. The highest BCUT2D eigenvalue weighted by Gasteiger charge is 2.18. The number of carbonyl (C=O) groups is 1. The van der Waals surface area contributed by atoms with Crippen LogP contribution in [0.4, 0.5) is 11.4 Å². The zero-order valence-electron chi connectivity index (χ0n) is 11.1. The Morgan fingerprint density at radius 3 is 3.05 bits per heavy atom. The number of amides is 1. The Bertz CT molecular complexity index is 566. The van der Waals surface area contributed by atoms with Gasteiger partial charge in [-0.1, -0.05) is 23.9 Å². The van der Waals surface area contributed by atoms with Crippen LogP contribution in [0, 0.1) is 11.5 Å². The summed E-state index contributed by atoms with van der Waals surface area (Å²) in [6.07, 6.45) is 3.71. The summed E-state index contributed by atoms with van der Waals surface area (Å²) >= 11 is 1.36. The molecule has 0 aliphatic carbocycles. The molecule has 1 aliphatic heterocycles. The van der Waals surface area contributed by atoms with Crippen LogP contribution in [0.5, 0.6) is 0 Å². The Morgan fingerprint density at radius 2 is 2.35 bits per heavy atom. The van der Waals surface area contributed by atoms with Gasteiger partial charge in [0.25, 0.3) is 0 Å². The van der Waals surface area contributed by atoms with Gasteiger partial charge in [0.2, 0.25) is 5.91 Å². The SMILES string of the molecule is CSC(=Nc1ccccc1N1CCNC(=O)C1)NC#N. The van der Waals surface area contributed by atoms with E-state index in [1.807, 2.05) is 41.6 Å². The smallest absolute Gasteiger partial charge is 0.239 e. The summed E-state index contributed by atoms with van der Waals surface area (Å²) in [7, 11) is 0. The minimum Gasteiger partial charge on any atom is -0.359 e. The molecule has 1 heterocycles. The molecule has 20 heavy (non-hydrogen) atoms. The van der Waals surface area contributed by atoms with E-state index >= 15 is 0 Å². The number of benzene rings is 1. The first-order valence-corrected chi connectivity index (χ1v) is 7.35. The molecule has 104 valence electrons. The van der Waals surface area contributed by atoms with Gasteiger partial charge in [-0.2, -0.15) is 5.26 Å². The normalized spacial score (nSPS) is 15.5. The average molecular weight is 289 g/mol. The number of rotatable bonds is 2. The lowest BCUT2D eigenvalue weighted by atomic mass is 10.2. The van der Waals surface area contributed by atoms with Crippen LogP contribution in [0.2, 0.25) is 0 Å². The van der Waals surface area contributed by atoms with Crippen molar-refractivity contribution >= 4 is 34.2 Å². The molecule has 2 N–H and O–H groups in total. The van der Waals surface area contributed by atoms with Crippen molar-refractivity contribution < 1.29 is 4.79 Å². The second kappa shape index (κ2) is 6.82. The maximum absolute atomic E-state index is 11.5. The lowest BCUT2D eigenvalue weighted by molar-refractivity contribution is -0.120. The molecule has 7 heteroatoms. The molecule has 0 aromatic heterocycles. The van der Waals surface area contributed by atoms with Crippen LogP contribution in [0.3, 0.4) is 0 Å². The summed E-state index contributed by atoms with van der Waals surface area (Å²) in [6.45, 7) is 1.70. The van der Waals surface area contributed by atoms with Gasteiger partial charge in [-0.25, -0.2) is 4.99 Å². The molecule has 1 aromatic rings. The average Bonchev–Trinajstić information content (AvgIpc) is 2.47. The van der Waals surface area contributed by atoms with E-state index < -0.39 is 0 Å². The van der Waals surface area contributed by atoms with Gasteiger partial charge in [0.15, 0.2) is 11.4 Å². The Balaban J connectivity index is 2.30. The molecule has 2 rings (SSSR count). The van der Waals surface area contributed by atoms with E-state index in [9.17, 15) is 4.79 Å². The van der Waals surface area contributed by atoms with E-state index in [4.69, 9.17) is 5.26 Å². The Morgan fingerprint density at radius 1 is 1.55 bits per heavy atom. The predicted molar refractivity (Wildman–Crippen MR) is 81.0 cm³/mol. The number of thioether (sulfide) groups is 1. The maximum atomic E-state index is 11.5. The minimum absolute atomic E-state index is 0.00951. The molecule has 0 saturated carbocycles. The number of nitrogens with zero attached hydrogens (tertiary/aromatic N) is 3. The molecule has 6 nitrogen and oxygen atoms in total. The summed E-state index contributed by atoms with van der Waals surface area (Å²) < 4.78 is 0. The number of anilines is 1. The van der Waals surface area contributed by atoms with E-state index in [0.29, 0.717) is 18.3 Å². The van der Waals surface area contributed by atoms with Crippen molar-refractivity contribution in [3.05, 3.63) is 24.3 Å². The van der Waals surface area contributed by atoms with Crippen molar-refractivity contribution in [2.24, 2.45) is 4.99 Å². The summed E-state index contributed by atoms with van der Waals surface area (Å²) in [5.41, 5.74) is 1.64. The number of hydrogen-bond acceptors (Lipinski definition) is 5. The van der Waals surface area contributed by atoms with E-state index in [1.165, 1.54) is 11.8 Å². The van der Waals surface area contributed by atoms with Crippen molar-refractivity contribution in [2.45, 2.75) is 0 Å². The van der Waals surface area contributed by atoms with Gasteiger partial charge >= 0.3 is 0 Å². The van der Waals surface area contributed by atoms with Crippen LogP contribution in [0.25, 0.3) is 0 Å². The number of carbonyl (C=O) groups excluding carboxylic acids is 1. The van der Waals surface area contributed by atoms with Crippen molar-refractivity contribution in [3.8, 4) is 6.19 Å². The lowest BCUT2D eigenvalue weighted by Gasteiger charge is -2.29. The fraction of sp³-hybridized carbons (Fsp3) is 0.308. The van der Waals surface area contributed by atoms with Gasteiger partial charge in [-0.3, -0.25) is 10.1 Å². The molecule has 1 aliphatic rings. The van der Waals surface area contributed by atoms with Gasteiger partial charge in [0.1, 0.15) is 0 Å². The third kappa shape index (κ3) is 3.42. The highest BCUT2D eigenvalue weighted by molar-refractivity contribution is 8.13. The molecule has 0 radical (unpaired) electrons. The largest absolute Gasteiger partial charge is 0.359 e. The van der Waals surface area contributed by atoms with Gasteiger partial charge in [-0.05, 0) is 18.4 Å². The summed E-state index contributed by atoms with van der Waals surface area (Å²) in [4.78, 5) is 17.9. The van der Waals surface area contributed by atoms with Crippen molar-refractivity contribution in [2.75, 3.05) is 30.8 Å². The highest BCUT2D eigenvalue weighted by Crippen LogP contribution is 2.29. The fourth-order valence-electron chi connectivity index (χ4n) is 1.95. The van der Waals surface area contributed by atoms with Crippen molar-refractivity contribution in [1.29, 1.82) is 5.26 Å². The first-order valence-electron chi connectivity index (χ1n) is 6.13. The number of para-hydroxylation sites is 2. The van der Waals surface area contributed by atoms with E-state index in [2.05, 4.69) is 15.6 Å². The van der Waals surface area contributed by atoms with Gasteiger partial charge in [0.05, 0.1) is 17.9 Å². The standard InChI is InChI=1S/C13H15N5OS/c1-20-13(16-9-14)17-10-4-2-3-5-11(10)18-7-6-15-12(19)8-18/h2-5H,6-8H2,1H3,(H,15,19)(H,16,17). The van der Waals surface area contributed by atoms with Gasteiger partial charge in [-0.15, -0.1) is 0 Å². The number of piperazine rings is 1. The third-order valence-electron chi connectivity index (χ3n) is 2.84. The molecular formula is C13H15N5OS. The van der Waals surface area contributed by atoms with Crippen LogP contribution in [0.15, 0.2) is 29.3 Å². The minimum atomic E-state index is 0.00951. The third-order valence-corrected chi connectivity index (χ3v) is 3.42. The zero-order chi connectivity index (χ0) is 14.4. The van der Waals surface area contributed by atoms with Crippen LogP contribution < -0.4 is 15.5 Å². The Labute approximate surface area is 121 Å².